The van der Waals surface area contributed by atoms with E-state index in [1.165, 1.54) is 25.7 Å². The Balaban J connectivity index is 1.97. The molecule has 1 aliphatic carbocycles. The van der Waals surface area contributed by atoms with Crippen LogP contribution >= 0.6 is 15.9 Å². The summed E-state index contributed by atoms with van der Waals surface area (Å²) < 4.78 is 1.04. The molecule has 0 spiro atoms. The van der Waals surface area contributed by atoms with Crippen molar-refractivity contribution in [3.05, 3.63) is 28.2 Å². The third-order valence-corrected chi connectivity index (χ3v) is 5.69. The minimum atomic E-state index is 0.0277. The van der Waals surface area contributed by atoms with Gasteiger partial charge in [0.1, 0.15) is 6.29 Å². The number of benzene rings is 1. The van der Waals surface area contributed by atoms with Gasteiger partial charge in [0.25, 0.3) is 0 Å². The molecule has 1 saturated carbocycles. The van der Waals surface area contributed by atoms with Crippen molar-refractivity contribution in [2.45, 2.75) is 38.3 Å². The smallest absolute Gasteiger partial charge is 0.142 e. The molecule has 0 radical (unpaired) electrons. The summed E-state index contributed by atoms with van der Waals surface area (Å²) in [6, 6.07) is 6.17. The second-order valence-corrected chi connectivity index (χ2v) is 6.78. The van der Waals surface area contributed by atoms with Crippen molar-refractivity contribution in [3.8, 4) is 0 Å². The van der Waals surface area contributed by atoms with E-state index in [1.807, 2.05) is 12.1 Å². The van der Waals surface area contributed by atoms with Gasteiger partial charge < -0.3 is 15.4 Å². The molecular weight excluding hydrogens is 316 g/mol. The topological polar surface area (TPSA) is 46.3 Å². The molecule has 0 bridgehead atoms. The van der Waals surface area contributed by atoms with Crippen LogP contribution in [0.2, 0.25) is 0 Å². The number of rotatable bonds is 3. The van der Waals surface area contributed by atoms with Crippen molar-refractivity contribution in [3.63, 3.8) is 0 Å². The minimum Gasteiger partial charge on any atom is -0.361 e. The number of aldehydes is 1. The van der Waals surface area contributed by atoms with Gasteiger partial charge in [0.05, 0.1) is 6.04 Å². The van der Waals surface area contributed by atoms with E-state index in [4.69, 9.17) is 5.73 Å². The second-order valence-electron chi connectivity index (χ2n) is 5.93. The standard InChI is InChI=1S/C16H21BrN2O/c17-14-6-3-7-15(13(14)8-18)19-9-11-4-1-2-5-12(11)16(19)10-20/h3,6-7,10-12,16H,1-2,4-5,8-9,18H2. The highest BCUT2D eigenvalue weighted by atomic mass is 79.9. The summed E-state index contributed by atoms with van der Waals surface area (Å²) in [5.74, 6) is 1.20. The third kappa shape index (κ3) is 2.29. The molecule has 0 aromatic heterocycles. The van der Waals surface area contributed by atoms with E-state index in [1.54, 1.807) is 0 Å². The number of carbonyl (C=O) groups excluding carboxylic acids is 1. The van der Waals surface area contributed by atoms with Gasteiger partial charge in [0.15, 0.2) is 0 Å². The highest BCUT2D eigenvalue weighted by Gasteiger charge is 2.43. The number of carbonyl (C=O) groups is 1. The van der Waals surface area contributed by atoms with Crippen molar-refractivity contribution >= 4 is 27.9 Å². The van der Waals surface area contributed by atoms with E-state index >= 15 is 0 Å². The number of halogens is 1. The predicted molar refractivity (Wildman–Crippen MR) is 84.7 cm³/mol. The fourth-order valence-corrected chi connectivity index (χ4v) is 4.49. The molecule has 0 amide bonds. The van der Waals surface area contributed by atoms with Crippen molar-refractivity contribution in [2.24, 2.45) is 17.6 Å². The molecule has 108 valence electrons. The number of nitrogens with zero attached hydrogens (tertiary/aromatic N) is 1. The van der Waals surface area contributed by atoms with Crippen molar-refractivity contribution in [2.75, 3.05) is 11.4 Å². The number of nitrogens with two attached hydrogens (primary N) is 1. The molecule has 1 aliphatic heterocycles. The van der Waals surface area contributed by atoms with Crippen LogP contribution in [0, 0.1) is 11.8 Å². The van der Waals surface area contributed by atoms with Gasteiger partial charge in [-0.25, -0.2) is 0 Å². The van der Waals surface area contributed by atoms with Crippen LogP contribution in [0.1, 0.15) is 31.2 Å². The van der Waals surface area contributed by atoms with Crippen LogP contribution in [-0.4, -0.2) is 18.9 Å². The van der Waals surface area contributed by atoms with Gasteiger partial charge in [-0.3, -0.25) is 0 Å². The summed E-state index contributed by atoms with van der Waals surface area (Å²) in [4.78, 5) is 13.9. The summed E-state index contributed by atoms with van der Waals surface area (Å²) in [7, 11) is 0. The normalized spacial score (nSPS) is 29.3. The maximum absolute atomic E-state index is 11.6. The Morgan fingerprint density at radius 1 is 1.35 bits per heavy atom. The number of anilines is 1. The summed E-state index contributed by atoms with van der Waals surface area (Å²) in [5.41, 5.74) is 8.15. The maximum atomic E-state index is 11.6. The first-order valence-corrected chi connectivity index (χ1v) is 8.25. The Labute approximate surface area is 128 Å². The lowest BCUT2D eigenvalue weighted by molar-refractivity contribution is -0.109. The maximum Gasteiger partial charge on any atom is 0.142 e. The largest absolute Gasteiger partial charge is 0.361 e. The first-order valence-electron chi connectivity index (χ1n) is 7.45. The number of hydrogen-bond acceptors (Lipinski definition) is 3. The Kier molecular flexibility index (Phi) is 4.13. The molecule has 1 aromatic carbocycles. The predicted octanol–water partition coefficient (Wildman–Crippen LogP) is 3.10. The van der Waals surface area contributed by atoms with Crippen LogP contribution in [0.3, 0.4) is 0 Å². The van der Waals surface area contributed by atoms with Crippen LogP contribution in [-0.2, 0) is 11.3 Å². The fraction of sp³-hybridized carbons (Fsp3) is 0.562. The highest BCUT2D eigenvalue weighted by molar-refractivity contribution is 9.10. The molecule has 3 unspecified atom stereocenters. The molecule has 1 aromatic rings. The quantitative estimate of drug-likeness (QED) is 0.862. The Bertz CT molecular complexity index is 505. The third-order valence-electron chi connectivity index (χ3n) is 4.94. The van der Waals surface area contributed by atoms with E-state index < -0.39 is 0 Å². The van der Waals surface area contributed by atoms with Crippen LogP contribution in [0.5, 0.6) is 0 Å². The zero-order chi connectivity index (χ0) is 14.1. The van der Waals surface area contributed by atoms with E-state index in [0.29, 0.717) is 18.4 Å². The van der Waals surface area contributed by atoms with E-state index in [2.05, 4.69) is 26.9 Å². The van der Waals surface area contributed by atoms with Crippen LogP contribution < -0.4 is 10.6 Å². The van der Waals surface area contributed by atoms with Crippen molar-refractivity contribution in [1.29, 1.82) is 0 Å². The molecule has 3 atom stereocenters. The molecular formula is C16H21BrN2O. The lowest BCUT2D eigenvalue weighted by atomic mass is 9.79. The molecule has 3 nitrogen and oxygen atoms in total. The summed E-state index contributed by atoms with van der Waals surface area (Å²) in [6.45, 7) is 1.49. The number of fused-ring (bicyclic) bond motifs is 1. The summed E-state index contributed by atoms with van der Waals surface area (Å²) >= 11 is 3.58. The lowest BCUT2D eigenvalue weighted by Crippen LogP contribution is -2.35. The van der Waals surface area contributed by atoms with Gasteiger partial charge in [-0.05, 0) is 36.8 Å². The molecule has 4 heteroatoms. The SMILES string of the molecule is NCc1c(Br)cccc1N1CC2CCCCC2C1C=O. The van der Waals surface area contributed by atoms with Gasteiger partial charge in [-0.15, -0.1) is 0 Å². The first kappa shape index (κ1) is 14.1. The van der Waals surface area contributed by atoms with Crippen LogP contribution in [0.4, 0.5) is 5.69 Å². The average molecular weight is 337 g/mol. The Morgan fingerprint density at radius 2 is 2.15 bits per heavy atom. The second kappa shape index (κ2) is 5.86. The van der Waals surface area contributed by atoms with E-state index in [0.717, 1.165) is 28.6 Å². The first-order chi connectivity index (χ1) is 9.76. The zero-order valence-corrected chi connectivity index (χ0v) is 13.2. The van der Waals surface area contributed by atoms with Gasteiger partial charge in [0.2, 0.25) is 0 Å². The fourth-order valence-electron chi connectivity index (χ4n) is 3.97. The molecule has 2 N–H and O–H groups in total. The van der Waals surface area contributed by atoms with Crippen LogP contribution in [0.15, 0.2) is 22.7 Å². The molecule has 1 heterocycles. The summed E-state index contributed by atoms with van der Waals surface area (Å²) in [5, 5.41) is 0. The molecule has 2 fully saturated rings. The van der Waals surface area contributed by atoms with Gasteiger partial charge >= 0.3 is 0 Å². The lowest BCUT2D eigenvalue weighted by Gasteiger charge is -2.28. The van der Waals surface area contributed by atoms with Gasteiger partial charge in [-0.2, -0.15) is 0 Å². The molecule has 3 rings (SSSR count). The minimum absolute atomic E-state index is 0.0277. The van der Waals surface area contributed by atoms with E-state index in [9.17, 15) is 4.79 Å². The molecule has 2 aliphatic rings. The Morgan fingerprint density at radius 3 is 2.90 bits per heavy atom. The number of hydrogen-bond donors (Lipinski definition) is 1. The van der Waals surface area contributed by atoms with Crippen molar-refractivity contribution in [1.82, 2.24) is 0 Å². The average Bonchev–Trinajstić information content (AvgIpc) is 2.85. The van der Waals surface area contributed by atoms with Crippen LogP contribution in [0.25, 0.3) is 0 Å². The summed E-state index contributed by atoms with van der Waals surface area (Å²) in [6.07, 6.45) is 6.18. The molecule has 20 heavy (non-hydrogen) atoms. The molecule has 1 saturated heterocycles. The van der Waals surface area contributed by atoms with Gasteiger partial charge in [0, 0.05) is 28.8 Å². The Hall–Kier alpha value is -0.870. The monoisotopic (exact) mass is 336 g/mol. The zero-order valence-electron chi connectivity index (χ0n) is 11.6. The van der Waals surface area contributed by atoms with Gasteiger partial charge in [-0.1, -0.05) is 34.8 Å². The van der Waals surface area contributed by atoms with Crippen molar-refractivity contribution < 1.29 is 4.79 Å². The van der Waals surface area contributed by atoms with E-state index in [-0.39, 0.29) is 6.04 Å². The highest BCUT2D eigenvalue weighted by Crippen LogP contribution is 2.43.